The number of ether oxygens (including phenoxy) is 1. The highest BCUT2D eigenvalue weighted by Gasteiger charge is 2.12. The Labute approximate surface area is 105 Å². The third-order valence-corrected chi connectivity index (χ3v) is 2.25. The van der Waals surface area contributed by atoms with Gasteiger partial charge in [0.25, 0.3) is 0 Å². The van der Waals surface area contributed by atoms with Gasteiger partial charge in [-0.1, -0.05) is 41.6 Å². The summed E-state index contributed by atoms with van der Waals surface area (Å²) >= 11 is 0. The zero-order chi connectivity index (χ0) is 12.8. The molecule has 1 aromatic carbocycles. The van der Waals surface area contributed by atoms with Crippen LogP contribution in [0.3, 0.4) is 0 Å². The standard InChI is InChI=1S/C14H13NO3/c1-2-17-14(16)13-10-12(15-18-13)9-8-11-6-4-3-5-7-11/h3-10H,2H2,1H3/b9-8+. The summed E-state index contributed by atoms with van der Waals surface area (Å²) in [4.78, 5) is 11.4. The lowest BCUT2D eigenvalue weighted by molar-refractivity contribution is 0.0479. The van der Waals surface area contributed by atoms with Gasteiger partial charge in [0.05, 0.1) is 6.61 Å². The fourth-order valence-electron chi connectivity index (χ4n) is 1.41. The topological polar surface area (TPSA) is 52.3 Å². The minimum atomic E-state index is -0.496. The molecule has 92 valence electrons. The SMILES string of the molecule is CCOC(=O)c1cc(/C=C/c2ccccc2)no1. The molecule has 4 heteroatoms. The lowest BCUT2D eigenvalue weighted by atomic mass is 10.2. The molecule has 2 aromatic rings. The highest BCUT2D eigenvalue weighted by Crippen LogP contribution is 2.10. The second-order valence-corrected chi connectivity index (χ2v) is 3.58. The van der Waals surface area contributed by atoms with Gasteiger partial charge in [0, 0.05) is 6.07 Å². The molecule has 0 aliphatic carbocycles. The van der Waals surface area contributed by atoms with Gasteiger partial charge in [-0.15, -0.1) is 0 Å². The predicted molar refractivity (Wildman–Crippen MR) is 67.8 cm³/mol. The fraction of sp³-hybridized carbons (Fsp3) is 0.143. The van der Waals surface area contributed by atoms with Crippen LogP contribution in [0.25, 0.3) is 12.2 Å². The molecule has 2 rings (SSSR count). The van der Waals surface area contributed by atoms with Crippen molar-refractivity contribution < 1.29 is 14.1 Å². The van der Waals surface area contributed by atoms with Gasteiger partial charge in [-0.05, 0) is 18.6 Å². The van der Waals surface area contributed by atoms with Crippen molar-refractivity contribution in [3.05, 3.63) is 53.4 Å². The zero-order valence-corrected chi connectivity index (χ0v) is 10.00. The van der Waals surface area contributed by atoms with E-state index in [0.29, 0.717) is 12.3 Å². The Morgan fingerprint density at radius 1 is 1.33 bits per heavy atom. The van der Waals surface area contributed by atoms with Crippen molar-refractivity contribution >= 4 is 18.1 Å². The van der Waals surface area contributed by atoms with Gasteiger partial charge >= 0.3 is 5.97 Å². The number of esters is 1. The third-order valence-electron chi connectivity index (χ3n) is 2.25. The molecule has 0 spiro atoms. The van der Waals surface area contributed by atoms with Crippen LogP contribution in [0.15, 0.2) is 40.9 Å². The van der Waals surface area contributed by atoms with E-state index in [-0.39, 0.29) is 5.76 Å². The molecule has 0 N–H and O–H groups in total. The molecule has 0 saturated heterocycles. The molecular weight excluding hydrogens is 230 g/mol. The van der Waals surface area contributed by atoms with Gasteiger partial charge in [0.1, 0.15) is 5.69 Å². The lowest BCUT2D eigenvalue weighted by Gasteiger charge is -1.94. The van der Waals surface area contributed by atoms with Crippen molar-refractivity contribution in [1.29, 1.82) is 0 Å². The number of benzene rings is 1. The number of carbonyl (C=O) groups is 1. The largest absolute Gasteiger partial charge is 0.460 e. The second kappa shape index (κ2) is 5.82. The molecule has 0 bridgehead atoms. The molecule has 18 heavy (non-hydrogen) atoms. The van der Waals surface area contributed by atoms with Crippen LogP contribution in [-0.2, 0) is 4.74 Å². The quantitative estimate of drug-likeness (QED) is 0.774. The molecule has 0 atom stereocenters. The number of nitrogens with zero attached hydrogens (tertiary/aromatic N) is 1. The molecule has 1 heterocycles. The second-order valence-electron chi connectivity index (χ2n) is 3.58. The van der Waals surface area contributed by atoms with Crippen molar-refractivity contribution in [2.75, 3.05) is 6.61 Å². The average molecular weight is 243 g/mol. The molecule has 0 unspecified atom stereocenters. The number of rotatable bonds is 4. The Balaban J connectivity index is 2.07. The summed E-state index contributed by atoms with van der Waals surface area (Å²) in [6.07, 6.45) is 3.67. The van der Waals surface area contributed by atoms with Gasteiger partial charge in [-0.25, -0.2) is 4.79 Å². The Bertz CT molecular complexity index is 543. The van der Waals surface area contributed by atoms with Crippen molar-refractivity contribution in [2.45, 2.75) is 6.92 Å². The zero-order valence-electron chi connectivity index (χ0n) is 10.00. The van der Waals surface area contributed by atoms with E-state index < -0.39 is 5.97 Å². The smallest absolute Gasteiger partial charge is 0.377 e. The molecule has 1 aromatic heterocycles. The summed E-state index contributed by atoms with van der Waals surface area (Å²) in [6.45, 7) is 2.05. The predicted octanol–water partition coefficient (Wildman–Crippen LogP) is 3.02. The van der Waals surface area contributed by atoms with Crippen LogP contribution in [0.2, 0.25) is 0 Å². The molecule has 0 aliphatic rings. The van der Waals surface area contributed by atoms with Crippen LogP contribution < -0.4 is 0 Å². The number of hydrogen-bond donors (Lipinski definition) is 0. The maximum absolute atomic E-state index is 11.4. The van der Waals surface area contributed by atoms with E-state index in [4.69, 9.17) is 9.26 Å². The Morgan fingerprint density at radius 3 is 2.83 bits per heavy atom. The highest BCUT2D eigenvalue weighted by atomic mass is 16.6. The molecular formula is C14H13NO3. The van der Waals surface area contributed by atoms with Gasteiger partial charge in [-0.2, -0.15) is 0 Å². The highest BCUT2D eigenvalue weighted by molar-refractivity contribution is 5.87. The number of carbonyl (C=O) groups excluding carboxylic acids is 1. The molecule has 4 nitrogen and oxygen atoms in total. The summed E-state index contributed by atoms with van der Waals surface area (Å²) in [5.74, 6) is -0.381. The Hall–Kier alpha value is -2.36. The first-order valence-electron chi connectivity index (χ1n) is 5.66. The van der Waals surface area contributed by atoms with E-state index in [9.17, 15) is 4.79 Å². The summed E-state index contributed by atoms with van der Waals surface area (Å²) in [5, 5.41) is 3.77. The molecule has 0 radical (unpaired) electrons. The van der Waals surface area contributed by atoms with Crippen LogP contribution in [0, 0.1) is 0 Å². The average Bonchev–Trinajstić information content (AvgIpc) is 2.87. The van der Waals surface area contributed by atoms with E-state index in [1.165, 1.54) is 0 Å². The Morgan fingerprint density at radius 2 is 2.11 bits per heavy atom. The van der Waals surface area contributed by atoms with Crippen molar-refractivity contribution in [2.24, 2.45) is 0 Å². The number of aromatic nitrogens is 1. The van der Waals surface area contributed by atoms with Crippen LogP contribution in [0.5, 0.6) is 0 Å². The summed E-state index contributed by atoms with van der Waals surface area (Å²) in [6, 6.07) is 11.4. The third kappa shape index (κ3) is 3.07. The molecule has 0 aliphatic heterocycles. The van der Waals surface area contributed by atoms with E-state index >= 15 is 0 Å². The number of hydrogen-bond acceptors (Lipinski definition) is 4. The van der Waals surface area contributed by atoms with Crippen molar-refractivity contribution in [1.82, 2.24) is 5.16 Å². The molecule has 0 amide bonds. The van der Waals surface area contributed by atoms with Crippen molar-refractivity contribution in [3.63, 3.8) is 0 Å². The lowest BCUT2D eigenvalue weighted by Crippen LogP contribution is -2.02. The minimum absolute atomic E-state index is 0.115. The molecule has 0 saturated carbocycles. The monoisotopic (exact) mass is 243 g/mol. The first kappa shape index (κ1) is 12.1. The van der Waals surface area contributed by atoms with Gasteiger partial charge in [-0.3, -0.25) is 0 Å². The Kier molecular flexibility index (Phi) is 3.91. The van der Waals surface area contributed by atoms with E-state index in [1.54, 1.807) is 19.1 Å². The van der Waals surface area contributed by atoms with Gasteiger partial charge in [0.2, 0.25) is 5.76 Å². The maximum Gasteiger partial charge on any atom is 0.377 e. The van der Waals surface area contributed by atoms with E-state index in [2.05, 4.69) is 5.16 Å². The van der Waals surface area contributed by atoms with E-state index in [1.807, 2.05) is 36.4 Å². The first-order valence-corrected chi connectivity index (χ1v) is 5.66. The van der Waals surface area contributed by atoms with E-state index in [0.717, 1.165) is 5.56 Å². The summed E-state index contributed by atoms with van der Waals surface area (Å²) < 4.78 is 9.70. The maximum atomic E-state index is 11.4. The first-order chi connectivity index (χ1) is 8.79. The van der Waals surface area contributed by atoms with Crippen LogP contribution in [0.1, 0.15) is 28.7 Å². The minimum Gasteiger partial charge on any atom is -0.460 e. The van der Waals surface area contributed by atoms with Gasteiger partial charge < -0.3 is 9.26 Å². The van der Waals surface area contributed by atoms with Gasteiger partial charge in [0.15, 0.2) is 0 Å². The van der Waals surface area contributed by atoms with Crippen LogP contribution in [0.4, 0.5) is 0 Å². The summed E-state index contributed by atoms with van der Waals surface area (Å²) in [5.41, 5.74) is 1.64. The normalized spacial score (nSPS) is 10.7. The van der Waals surface area contributed by atoms with Crippen LogP contribution >= 0.6 is 0 Å². The molecule has 0 fully saturated rings. The van der Waals surface area contributed by atoms with Crippen LogP contribution in [-0.4, -0.2) is 17.7 Å². The summed E-state index contributed by atoms with van der Waals surface area (Å²) in [7, 11) is 0. The fourth-order valence-corrected chi connectivity index (χ4v) is 1.41. The van der Waals surface area contributed by atoms with Crippen molar-refractivity contribution in [3.8, 4) is 0 Å².